The molecule has 2 aromatic carbocycles. The summed E-state index contributed by atoms with van der Waals surface area (Å²) in [5.74, 6) is 2.34. The highest BCUT2D eigenvalue weighted by atomic mass is 16.6. The molecule has 158 valence electrons. The number of hydrogen-bond donors (Lipinski definition) is 2. The Labute approximate surface area is 179 Å². The zero-order valence-electron chi connectivity index (χ0n) is 17.2. The lowest BCUT2D eigenvalue weighted by Gasteiger charge is -2.30. The Morgan fingerprint density at radius 3 is 2.58 bits per heavy atom. The Kier molecular flexibility index (Phi) is 4.82. The van der Waals surface area contributed by atoms with Crippen LogP contribution in [0.5, 0.6) is 11.5 Å². The number of anilines is 2. The SMILES string of the molecule is COc1ccc([C@H]2Nc3nonc3NC3=C2C(=O)C[C@H](c2ccccc2)C3)c(OC)c1. The fourth-order valence-electron chi connectivity index (χ4n) is 4.35. The van der Waals surface area contributed by atoms with Gasteiger partial charge in [-0.05, 0) is 40.3 Å². The number of rotatable bonds is 4. The minimum absolute atomic E-state index is 0.0695. The molecular weight excluding hydrogens is 396 g/mol. The van der Waals surface area contributed by atoms with Gasteiger partial charge in [0.25, 0.3) is 0 Å². The third-order valence-corrected chi connectivity index (χ3v) is 5.86. The Morgan fingerprint density at radius 1 is 1.00 bits per heavy atom. The summed E-state index contributed by atoms with van der Waals surface area (Å²) in [5, 5.41) is 14.6. The van der Waals surface area contributed by atoms with Gasteiger partial charge in [0.2, 0.25) is 11.6 Å². The number of hydrogen-bond acceptors (Lipinski definition) is 8. The average Bonchev–Trinajstić information content (AvgIpc) is 3.17. The lowest BCUT2D eigenvalue weighted by atomic mass is 9.78. The molecule has 1 aliphatic carbocycles. The predicted octanol–water partition coefficient (Wildman–Crippen LogP) is 4.07. The van der Waals surface area contributed by atoms with E-state index in [0.29, 0.717) is 41.5 Å². The number of carbonyl (C=O) groups excluding carboxylic acids is 1. The van der Waals surface area contributed by atoms with E-state index in [4.69, 9.17) is 14.1 Å². The average molecular weight is 418 g/mol. The number of aromatic nitrogens is 2. The molecule has 2 atom stereocenters. The molecule has 2 N–H and O–H groups in total. The van der Waals surface area contributed by atoms with Gasteiger partial charge in [0.05, 0.1) is 20.3 Å². The highest BCUT2D eigenvalue weighted by molar-refractivity contribution is 6.01. The summed E-state index contributed by atoms with van der Waals surface area (Å²) in [6.45, 7) is 0. The highest BCUT2D eigenvalue weighted by Crippen LogP contribution is 2.45. The number of nitrogens with one attached hydrogen (secondary N) is 2. The molecule has 8 heteroatoms. The van der Waals surface area contributed by atoms with Gasteiger partial charge < -0.3 is 20.1 Å². The summed E-state index contributed by atoms with van der Waals surface area (Å²) in [5.41, 5.74) is 3.42. The first-order chi connectivity index (χ1) is 15.2. The standard InChI is InChI=1S/C23H22N4O4/c1-29-15-8-9-16(19(12-15)30-2)21-20-17(24-22-23(25-21)27-31-26-22)10-14(11-18(20)28)13-6-4-3-5-7-13/h3-9,12,14,21H,10-11H2,1-2H3,(H,24,26)(H,25,27)/t14-,21-/m1/s1. The van der Waals surface area contributed by atoms with Gasteiger partial charge in [-0.1, -0.05) is 30.3 Å². The van der Waals surface area contributed by atoms with Crippen molar-refractivity contribution in [2.24, 2.45) is 0 Å². The molecule has 1 aliphatic heterocycles. The number of benzene rings is 2. The van der Waals surface area contributed by atoms with Crippen molar-refractivity contribution in [3.05, 3.63) is 70.9 Å². The van der Waals surface area contributed by atoms with Gasteiger partial charge in [-0.3, -0.25) is 4.79 Å². The first kappa shape index (κ1) is 19.2. The number of carbonyl (C=O) groups is 1. The highest BCUT2D eigenvalue weighted by Gasteiger charge is 2.38. The lowest BCUT2D eigenvalue weighted by Crippen LogP contribution is -2.27. The zero-order valence-corrected chi connectivity index (χ0v) is 17.2. The van der Waals surface area contributed by atoms with Crippen molar-refractivity contribution >= 4 is 17.4 Å². The van der Waals surface area contributed by atoms with Gasteiger partial charge in [0.1, 0.15) is 11.5 Å². The molecule has 0 fully saturated rings. The summed E-state index contributed by atoms with van der Waals surface area (Å²) < 4.78 is 15.9. The summed E-state index contributed by atoms with van der Waals surface area (Å²) in [6.07, 6.45) is 1.10. The van der Waals surface area contributed by atoms with E-state index < -0.39 is 6.04 Å². The van der Waals surface area contributed by atoms with Crippen molar-refractivity contribution in [1.29, 1.82) is 0 Å². The molecule has 0 unspecified atom stereocenters. The molecule has 2 aliphatic rings. The number of nitrogens with zero attached hydrogens (tertiary/aromatic N) is 2. The lowest BCUT2D eigenvalue weighted by molar-refractivity contribution is -0.116. The maximum Gasteiger partial charge on any atom is 0.219 e. The molecule has 1 aromatic heterocycles. The monoisotopic (exact) mass is 418 g/mol. The molecule has 0 radical (unpaired) electrons. The van der Waals surface area contributed by atoms with E-state index in [-0.39, 0.29) is 11.7 Å². The van der Waals surface area contributed by atoms with Crippen molar-refractivity contribution in [2.75, 3.05) is 24.9 Å². The van der Waals surface area contributed by atoms with Gasteiger partial charge in [0, 0.05) is 29.3 Å². The zero-order chi connectivity index (χ0) is 21.4. The molecule has 0 saturated carbocycles. The normalized spacial score (nSPS) is 20.1. The Balaban J connectivity index is 1.62. The fraction of sp³-hybridized carbons (Fsp3) is 0.261. The smallest absolute Gasteiger partial charge is 0.219 e. The van der Waals surface area contributed by atoms with Crippen LogP contribution in [0.2, 0.25) is 0 Å². The second-order valence-electron chi connectivity index (χ2n) is 7.60. The van der Waals surface area contributed by atoms with E-state index >= 15 is 0 Å². The van der Waals surface area contributed by atoms with Crippen molar-refractivity contribution < 1.29 is 18.9 Å². The van der Waals surface area contributed by atoms with Gasteiger partial charge in [-0.2, -0.15) is 0 Å². The Hall–Kier alpha value is -3.81. The topological polar surface area (TPSA) is 98.5 Å². The van der Waals surface area contributed by atoms with E-state index in [1.165, 1.54) is 0 Å². The molecule has 0 spiro atoms. The summed E-state index contributed by atoms with van der Waals surface area (Å²) >= 11 is 0. The summed E-state index contributed by atoms with van der Waals surface area (Å²) in [6, 6.07) is 15.2. The van der Waals surface area contributed by atoms with Crippen molar-refractivity contribution in [3.63, 3.8) is 0 Å². The molecule has 8 nitrogen and oxygen atoms in total. The van der Waals surface area contributed by atoms with Crippen LogP contribution in [0, 0.1) is 0 Å². The van der Waals surface area contributed by atoms with E-state index in [9.17, 15) is 4.79 Å². The fourth-order valence-corrected chi connectivity index (χ4v) is 4.35. The van der Waals surface area contributed by atoms with Crippen LogP contribution in [0.1, 0.15) is 35.9 Å². The van der Waals surface area contributed by atoms with E-state index in [1.54, 1.807) is 20.3 Å². The number of ether oxygens (including phenoxy) is 2. The van der Waals surface area contributed by atoms with Crippen LogP contribution in [0.4, 0.5) is 11.6 Å². The van der Waals surface area contributed by atoms with Gasteiger partial charge >= 0.3 is 0 Å². The number of fused-ring (bicyclic) bond motifs is 1. The molecule has 31 heavy (non-hydrogen) atoms. The van der Waals surface area contributed by atoms with Gasteiger partial charge in [-0.15, -0.1) is 0 Å². The number of allylic oxidation sites excluding steroid dienone is 1. The number of Topliss-reactive ketones (excluding diaryl/α,β-unsaturated/α-hetero) is 1. The number of methoxy groups -OCH3 is 2. The molecule has 2 heterocycles. The van der Waals surface area contributed by atoms with E-state index in [0.717, 1.165) is 16.8 Å². The molecule has 3 aromatic rings. The van der Waals surface area contributed by atoms with Gasteiger partial charge in [-0.25, -0.2) is 4.63 Å². The maximum atomic E-state index is 13.5. The van der Waals surface area contributed by atoms with Crippen LogP contribution >= 0.6 is 0 Å². The first-order valence-electron chi connectivity index (χ1n) is 10.1. The van der Waals surface area contributed by atoms with Crippen LogP contribution in [0.3, 0.4) is 0 Å². The third kappa shape index (κ3) is 3.39. The molecule has 0 saturated heterocycles. The largest absolute Gasteiger partial charge is 0.497 e. The van der Waals surface area contributed by atoms with Crippen LogP contribution in [0.25, 0.3) is 0 Å². The molecule has 0 bridgehead atoms. The summed E-state index contributed by atoms with van der Waals surface area (Å²) in [4.78, 5) is 13.5. The van der Waals surface area contributed by atoms with Crippen molar-refractivity contribution in [2.45, 2.75) is 24.8 Å². The van der Waals surface area contributed by atoms with Crippen LogP contribution < -0.4 is 20.1 Å². The van der Waals surface area contributed by atoms with Crippen LogP contribution in [0.15, 0.2) is 64.4 Å². The second-order valence-corrected chi connectivity index (χ2v) is 7.60. The van der Waals surface area contributed by atoms with Crippen molar-refractivity contribution in [1.82, 2.24) is 10.3 Å². The maximum absolute atomic E-state index is 13.5. The second kappa shape index (κ2) is 7.79. The van der Waals surface area contributed by atoms with Crippen LogP contribution in [-0.2, 0) is 4.79 Å². The van der Waals surface area contributed by atoms with E-state index in [1.807, 2.05) is 30.3 Å². The number of ketones is 1. The van der Waals surface area contributed by atoms with Crippen LogP contribution in [-0.4, -0.2) is 30.3 Å². The van der Waals surface area contributed by atoms with Crippen molar-refractivity contribution in [3.8, 4) is 11.5 Å². The summed E-state index contributed by atoms with van der Waals surface area (Å²) in [7, 11) is 3.20. The first-order valence-corrected chi connectivity index (χ1v) is 10.1. The molecule has 5 rings (SSSR count). The predicted molar refractivity (Wildman–Crippen MR) is 114 cm³/mol. The third-order valence-electron chi connectivity index (χ3n) is 5.86. The molecular formula is C23H22N4O4. The Morgan fingerprint density at radius 2 is 1.81 bits per heavy atom. The Bertz CT molecular complexity index is 1160. The minimum Gasteiger partial charge on any atom is -0.497 e. The minimum atomic E-state index is -0.472. The molecule has 0 amide bonds. The quantitative estimate of drug-likeness (QED) is 0.654. The van der Waals surface area contributed by atoms with Gasteiger partial charge in [0.15, 0.2) is 5.78 Å². The van der Waals surface area contributed by atoms with E-state index in [2.05, 4.69) is 33.1 Å².